The smallest absolute Gasteiger partial charge is 0.269 e. The van der Waals surface area contributed by atoms with Crippen molar-refractivity contribution >= 4 is 16.3 Å². The van der Waals surface area contributed by atoms with Gasteiger partial charge in [0, 0.05) is 31.8 Å². The Kier molecular flexibility index (Phi) is 3.86. The summed E-state index contributed by atoms with van der Waals surface area (Å²) < 4.78 is 19.0. The average Bonchev–Trinajstić information content (AvgIpc) is 2.33. The third-order valence-electron chi connectivity index (χ3n) is 3.02. The molecular weight excluding hydrogens is 256 g/mol. The molecule has 18 heavy (non-hydrogen) atoms. The molecule has 1 aliphatic rings. The fourth-order valence-corrected chi connectivity index (χ4v) is 3.21. The van der Waals surface area contributed by atoms with Gasteiger partial charge in [0.25, 0.3) is 5.69 Å². The maximum Gasteiger partial charge on any atom is 0.269 e. The normalized spacial score (nSPS) is 21.4. The summed E-state index contributed by atoms with van der Waals surface area (Å²) in [5, 5.41) is 10.5. The van der Waals surface area contributed by atoms with Crippen molar-refractivity contribution in [2.45, 2.75) is 6.54 Å². The molecule has 1 saturated heterocycles. The predicted octanol–water partition coefficient (Wildman–Crippen LogP) is 2.16. The highest BCUT2D eigenvalue weighted by molar-refractivity contribution is 8.24. The van der Waals surface area contributed by atoms with Gasteiger partial charge in [-0.2, -0.15) is 10.6 Å². The maximum absolute atomic E-state index is 10.5. The van der Waals surface area contributed by atoms with Crippen molar-refractivity contribution < 1.29 is 14.0 Å². The number of non-ortho nitro benzene ring substituents is 1. The molecule has 1 aromatic carbocycles. The van der Waals surface area contributed by atoms with Crippen molar-refractivity contribution in [3.63, 3.8) is 0 Å². The number of rotatable bonds is 3. The Morgan fingerprint density at radius 3 is 2.28 bits per heavy atom. The molecule has 6 nitrogen and oxygen atoms in total. The van der Waals surface area contributed by atoms with Gasteiger partial charge >= 0.3 is 0 Å². The van der Waals surface area contributed by atoms with Gasteiger partial charge in [0.15, 0.2) is 0 Å². The molecule has 1 fully saturated rings. The molecule has 7 heteroatoms. The van der Waals surface area contributed by atoms with Crippen LogP contribution in [-0.4, -0.2) is 43.5 Å². The Morgan fingerprint density at radius 1 is 1.22 bits per heavy atom. The number of nitro benzene ring substituents is 1. The minimum atomic E-state index is -2.36. The molecule has 2 rings (SSSR count). The fourth-order valence-electron chi connectivity index (χ4n) is 1.90. The van der Waals surface area contributed by atoms with Crippen molar-refractivity contribution in [1.29, 1.82) is 0 Å². The van der Waals surface area contributed by atoms with Gasteiger partial charge < -0.3 is 0 Å². The summed E-state index contributed by atoms with van der Waals surface area (Å²) in [7, 11) is -2.36. The van der Waals surface area contributed by atoms with Crippen LogP contribution in [0.4, 0.5) is 5.69 Å². The lowest BCUT2D eigenvalue weighted by Gasteiger charge is -2.40. The van der Waals surface area contributed by atoms with Crippen LogP contribution in [-0.2, 0) is 6.54 Å². The van der Waals surface area contributed by atoms with E-state index in [0.717, 1.165) is 5.56 Å². The van der Waals surface area contributed by atoms with Crippen LogP contribution in [0.5, 0.6) is 0 Å². The first-order chi connectivity index (χ1) is 8.46. The SMILES string of the molecule is O=[N+]([O-])c1ccc(CN2CCS(O)(O)CC2)cc1. The molecule has 0 bridgehead atoms. The Hall–Kier alpha value is -1.15. The van der Waals surface area contributed by atoms with Crippen LogP contribution in [0.25, 0.3) is 0 Å². The minimum absolute atomic E-state index is 0.0894. The molecule has 0 spiro atoms. The van der Waals surface area contributed by atoms with Crippen LogP contribution in [0, 0.1) is 10.1 Å². The molecule has 1 aliphatic heterocycles. The molecule has 0 unspecified atom stereocenters. The second kappa shape index (κ2) is 5.23. The van der Waals surface area contributed by atoms with Gasteiger partial charge in [0.05, 0.1) is 16.4 Å². The van der Waals surface area contributed by atoms with E-state index in [1.807, 2.05) is 0 Å². The van der Waals surface area contributed by atoms with E-state index < -0.39 is 15.5 Å². The zero-order valence-corrected chi connectivity index (χ0v) is 10.7. The Bertz CT molecular complexity index is 425. The third-order valence-corrected chi connectivity index (χ3v) is 4.69. The Balaban J connectivity index is 1.92. The van der Waals surface area contributed by atoms with Crippen molar-refractivity contribution in [2.24, 2.45) is 0 Å². The number of nitrogens with zero attached hydrogens (tertiary/aromatic N) is 2. The summed E-state index contributed by atoms with van der Waals surface area (Å²) in [6.45, 7) is 1.99. The van der Waals surface area contributed by atoms with E-state index in [0.29, 0.717) is 31.1 Å². The molecule has 1 aromatic rings. The van der Waals surface area contributed by atoms with E-state index >= 15 is 0 Å². The first-order valence-electron chi connectivity index (χ1n) is 5.65. The number of hydrogen-bond donors (Lipinski definition) is 2. The number of hydrogen-bond acceptors (Lipinski definition) is 5. The molecule has 0 atom stereocenters. The van der Waals surface area contributed by atoms with Gasteiger partial charge in [-0.25, -0.2) is 0 Å². The van der Waals surface area contributed by atoms with Crippen molar-refractivity contribution in [1.82, 2.24) is 4.90 Å². The van der Waals surface area contributed by atoms with Gasteiger partial charge in [-0.1, -0.05) is 12.1 Å². The summed E-state index contributed by atoms with van der Waals surface area (Å²) in [6, 6.07) is 6.47. The molecule has 0 radical (unpaired) electrons. The van der Waals surface area contributed by atoms with E-state index in [2.05, 4.69) is 4.90 Å². The molecule has 0 aliphatic carbocycles. The van der Waals surface area contributed by atoms with E-state index in [-0.39, 0.29) is 5.69 Å². The highest BCUT2D eigenvalue weighted by Crippen LogP contribution is 2.40. The van der Waals surface area contributed by atoms with E-state index in [1.165, 1.54) is 12.1 Å². The van der Waals surface area contributed by atoms with Crippen LogP contribution in [0.3, 0.4) is 0 Å². The molecule has 0 saturated carbocycles. The molecule has 0 amide bonds. The molecule has 1 heterocycles. The lowest BCUT2D eigenvalue weighted by Crippen LogP contribution is -2.37. The van der Waals surface area contributed by atoms with E-state index in [9.17, 15) is 19.2 Å². The van der Waals surface area contributed by atoms with E-state index in [4.69, 9.17) is 0 Å². The van der Waals surface area contributed by atoms with Crippen LogP contribution in [0.2, 0.25) is 0 Å². The zero-order valence-electron chi connectivity index (χ0n) is 9.86. The summed E-state index contributed by atoms with van der Waals surface area (Å²) >= 11 is 0. The van der Waals surface area contributed by atoms with Crippen molar-refractivity contribution in [3.8, 4) is 0 Å². The highest BCUT2D eigenvalue weighted by Gasteiger charge is 2.22. The first-order valence-corrected chi connectivity index (χ1v) is 7.54. The maximum atomic E-state index is 10.5. The topological polar surface area (TPSA) is 86.8 Å². The quantitative estimate of drug-likeness (QED) is 0.650. The predicted molar refractivity (Wildman–Crippen MR) is 71.0 cm³/mol. The summed E-state index contributed by atoms with van der Waals surface area (Å²) in [5.74, 6) is 0.833. The standard InChI is InChI=1S/C11H16N2O4S/c14-13(15)11-3-1-10(2-4-11)9-12-5-7-18(16,17)8-6-12/h1-4,16-17H,5-9H2. The van der Waals surface area contributed by atoms with E-state index in [1.54, 1.807) is 12.1 Å². The van der Waals surface area contributed by atoms with Gasteiger partial charge in [-0.3, -0.25) is 24.1 Å². The van der Waals surface area contributed by atoms with Gasteiger partial charge in [-0.15, -0.1) is 0 Å². The van der Waals surface area contributed by atoms with Crippen LogP contribution in [0.15, 0.2) is 24.3 Å². The Morgan fingerprint density at radius 2 is 1.78 bits per heavy atom. The Labute approximate surface area is 107 Å². The monoisotopic (exact) mass is 272 g/mol. The second-order valence-corrected chi connectivity index (χ2v) is 6.83. The van der Waals surface area contributed by atoms with Crippen LogP contribution >= 0.6 is 10.6 Å². The van der Waals surface area contributed by atoms with Gasteiger partial charge in [0.1, 0.15) is 0 Å². The van der Waals surface area contributed by atoms with Gasteiger partial charge in [0.2, 0.25) is 0 Å². The number of benzene rings is 1. The van der Waals surface area contributed by atoms with Gasteiger partial charge in [-0.05, 0) is 5.56 Å². The summed E-state index contributed by atoms with van der Waals surface area (Å²) in [4.78, 5) is 12.2. The largest absolute Gasteiger partial charge is 0.299 e. The molecule has 2 N–H and O–H groups in total. The molecule has 100 valence electrons. The number of nitro groups is 1. The highest BCUT2D eigenvalue weighted by atomic mass is 32.3. The lowest BCUT2D eigenvalue weighted by molar-refractivity contribution is -0.384. The van der Waals surface area contributed by atoms with Crippen molar-refractivity contribution in [3.05, 3.63) is 39.9 Å². The third kappa shape index (κ3) is 3.42. The lowest BCUT2D eigenvalue weighted by atomic mass is 10.2. The fraction of sp³-hybridized carbons (Fsp3) is 0.455. The molecular formula is C11H16N2O4S. The summed E-state index contributed by atoms with van der Waals surface area (Å²) in [6.07, 6.45) is 0. The molecule has 0 aromatic heterocycles. The first kappa shape index (κ1) is 13.3. The minimum Gasteiger partial charge on any atom is -0.299 e. The van der Waals surface area contributed by atoms with Crippen molar-refractivity contribution in [2.75, 3.05) is 24.6 Å². The van der Waals surface area contributed by atoms with Crippen LogP contribution in [0.1, 0.15) is 5.56 Å². The summed E-state index contributed by atoms with van der Waals surface area (Å²) in [5.41, 5.74) is 1.09. The zero-order chi connectivity index (χ0) is 13.2. The average molecular weight is 272 g/mol. The second-order valence-electron chi connectivity index (χ2n) is 4.41. The van der Waals surface area contributed by atoms with Crippen LogP contribution < -0.4 is 0 Å².